The molecule has 5 rings (SSSR count). The molecule has 0 unspecified atom stereocenters. The zero-order valence-corrected chi connectivity index (χ0v) is 20.8. The summed E-state index contributed by atoms with van der Waals surface area (Å²) in [5.41, 5.74) is 8.03. The number of aromatic nitrogens is 5. The van der Waals surface area contributed by atoms with Gasteiger partial charge >= 0.3 is 0 Å². The third-order valence-electron chi connectivity index (χ3n) is 6.64. The second kappa shape index (κ2) is 7.89. The number of nitrogens with one attached hydrogen (secondary N) is 2. The van der Waals surface area contributed by atoms with Gasteiger partial charge in [-0.2, -0.15) is 9.97 Å². The second-order valence-electron chi connectivity index (χ2n) is 10.3. The third-order valence-corrected chi connectivity index (χ3v) is 8.14. The van der Waals surface area contributed by atoms with Crippen LogP contribution in [0.4, 0.5) is 10.9 Å². The minimum Gasteiger partial charge on any atom is -0.382 e. The smallest absolute Gasteiger partial charge is 0.229 e. The molecule has 0 aromatic carbocycles. The number of nitrogens with two attached hydrogens (primary N) is 1. The molecule has 3 aromatic heterocycles. The van der Waals surface area contributed by atoms with E-state index in [2.05, 4.69) is 53.3 Å². The fourth-order valence-corrected chi connectivity index (χ4v) is 6.59. The summed E-state index contributed by atoms with van der Waals surface area (Å²) in [4.78, 5) is 31.7. The van der Waals surface area contributed by atoms with Gasteiger partial charge in [0, 0.05) is 34.3 Å². The predicted molar refractivity (Wildman–Crippen MR) is 130 cm³/mol. The summed E-state index contributed by atoms with van der Waals surface area (Å²) in [7, 11) is 0. The number of halogens is 1. The Labute approximate surface area is 201 Å². The fourth-order valence-electron chi connectivity index (χ4n) is 5.38. The molecule has 1 aliphatic heterocycles. The predicted octanol–water partition coefficient (Wildman–Crippen LogP) is 4.05. The van der Waals surface area contributed by atoms with Gasteiger partial charge in [-0.05, 0) is 65.0 Å². The van der Waals surface area contributed by atoms with Crippen LogP contribution in [0.3, 0.4) is 0 Å². The maximum atomic E-state index is 13.0. The van der Waals surface area contributed by atoms with E-state index in [0.717, 1.165) is 37.8 Å². The Hall–Kier alpha value is -2.30. The van der Waals surface area contributed by atoms with Crippen molar-refractivity contribution in [2.45, 2.75) is 76.9 Å². The maximum Gasteiger partial charge on any atom is 0.229 e. The average Bonchev–Trinajstić information content (AvgIpc) is 3.31. The van der Waals surface area contributed by atoms with Crippen LogP contribution in [0.25, 0.3) is 11.2 Å². The summed E-state index contributed by atoms with van der Waals surface area (Å²) in [6.07, 6.45) is 5.87. The van der Waals surface area contributed by atoms with Crippen molar-refractivity contribution in [3.05, 3.63) is 22.2 Å². The number of fused-ring (bicyclic) bond motifs is 2. The van der Waals surface area contributed by atoms with Gasteiger partial charge in [0.25, 0.3) is 0 Å². The number of nitrogen functional groups attached to an aromatic ring is 1. The summed E-state index contributed by atoms with van der Waals surface area (Å²) >= 11 is 7.58. The minimum absolute atomic E-state index is 0.0262. The van der Waals surface area contributed by atoms with Crippen molar-refractivity contribution in [3.63, 3.8) is 0 Å². The number of nitrogens with zero attached hydrogens (tertiary/aromatic N) is 5. The molecule has 2 aliphatic rings. The highest BCUT2D eigenvalue weighted by Crippen LogP contribution is 2.40. The first-order valence-electron chi connectivity index (χ1n) is 11.3. The van der Waals surface area contributed by atoms with E-state index < -0.39 is 0 Å². The lowest BCUT2D eigenvalue weighted by atomic mass is 9.85. The molecule has 11 heteroatoms. The lowest BCUT2D eigenvalue weighted by Crippen LogP contribution is -2.54. The van der Waals surface area contributed by atoms with E-state index in [9.17, 15) is 4.79 Å². The number of carbonyl (C=O) groups is 1. The number of carbonyl (C=O) groups excluding carboxylic acids is 1. The Morgan fingerprint density at radius 1 is 1.21 bits per heavy atom. The highest BCUT2D eigenvalue weighted by molar-refractivity contribution is 7.16. The zero-order chi connectivity index (χ0) is 23.5. The first-order valence-corrected chi connectivity index (χ1v) is 12.5. The molecule has 4 N–H and O–H groups in total. The van der Waals surface area contributed by atoms with Gasteiger partial charge in [0.15, 0.2) is 16.6 Å². The highest BCUT2D eigenvalue weighted by atomic mass is 35.5. The molecule has 0 spiro atoms. The summed E-state index contributed by atoms with van der Waals surface area (Å²) in [6, 6.07) is 0.200. The van der Waals surface area contributed by atoms with Gasteiger partial charge in [-0.3, -0.25) is 4.79 Å². The molecule has 1 aliphatic carbocycles. The van der Waals surface area contributed by atoms with E-state index in [1.807, 2.05) is 4.57 Å². The summed E-state index contributed by atoms with van der Waals surface area (Å²) in [5.74, 6) is 0.294. The molecule has 1 amide bonds. The average molecular weight is 489 g/mol. The number of amides is 1. The Balaban J connectivity index is 1.26. The zero-order valence-electron chi connectivity index (χ0n) is 19.3. The summed E-state index contributed by atoms with van der Waals surface area (Å²) in [6.45, 7) is 8.71. The number of rotatable bonds is 3. The van der Waals surface area contributed by atoms with E-state index in [0.29, 0.717) is 16.3 Å². The highest BCUT2D eigenvalue weighted by Gasteiger charge is 2.39. The number of thiazole rings is 1. The van der Waals surface area contributed by atoms with E-state index in [-0.39, 0.29) is 40.0 Å². The number of anilines is 2. The van der Waals surface area contributed by atoms with Crippen LogP contribution in [-0.4, -0.2) is 35.9 Å². The summed E-state index contributed by atoms with van der Waals surface area (Å²) in [5, 5.41) is 7.59. The van der Waals surface area contributed by atoms with Crippen LogP contribution < -0.4 is 16.4 Å². The molecule has 3 aromatic rings. The molecule has 1 saturated carbocycles. The van der Waals surface area contributed by atoms with Crippen LogP contribution in [0.2, 0.25) is 5.28 Å². The molecular formula is C22H29ClN8OS. The van der Waals surface area contributed by atoms with Crippen molar-refractivity contribution < 1.29 is 4.79 Å². The summed E-state index contributed by atoms with van der Waals surface area (Å²) < 4.78 is 2.01. The van der Waals surface area contributed by atoms with E-state index in [4.69, 9.17) is 22.3 Å². The molecule has 9 nitrogen and oxygen atoms in total. The molecule has 0 saturated heterocycles. The van der Waals surface area contributed by atoms with E-state index >= 15 is 0 Å². The Morgan fingerprint density at radius 3 is 2.67 bits per heavy atom. The van der Waals surface area contributed by atoms with Gasteiger partial charge < -0.3 is 20.9 Å². The lowest BCUT2D eigenvalue weighted by molar-refractivity contribution is -0.120. The van der Waals surface area contributed by atoms with Gasteiger partial charge in [-0.25, -0.2) is 9.97 Å². The molecular weight excluding hydrogens is 460 g/mol. The first-order chi connectivity index (χ1) is 15.5. The number of imidazole rings is 1. The SMILES string of the molecule is CC1(C)Cc2nc(NC(=O)[C@H]3CC[C@@H](n4cnc5c(N)nc(Cl)nc54)CC3)sc2C(C)(C)N1. The lowest BCUT2D eigenvalue weighted by Gasteiger charge is -2.41. The van der Waals surface area contributed by atoms with Crippen LogP contribution in [0.1, 0.15) is 70.0 Å². The molecule has 0 radical (unpaired) electrons. The molecule has 0 bridgehead atoms. The Morgan fingerprint density at radius 2 is 1.94 bits per heavy atom. The molecule has 33 heavy (non-hydrogen) atoms. The fraction of sp³-hybridized carbons (Fsp3) is 0.591. The third kappa shape index (κ3) is 4.20. The van der Waals surface area contributed by atoms with Crippen molar-refractivity contribution in [1.29, 1.82) is 0 Å². The van der Waals surface area contributed by atoms with Crippen molar-refractivity contribution in [1.82, 2.24) is 29.8 Å². The molecule has 4 heterocycles. The van der Waals surface area contributed by atoms with Gasteiger partial charge in [0.1, 0.15) is 5.52 Å². The van der Waals surface area contributed by atoms with Crippen molar-refractivity contribution >= 4 is 51.0 Å². The second-order valence-corrected chi connectivity index (χ2v) is 11.6. The van der Waals surface area contributed by atoms with Gasteiger partial charge in [0.05, 0.1) is 12.0 Å². The Bertz CT molecular complexity index is 1220. The van der Waals surface area contributed by atoms with Gasteiger partial charge in [-0.15, -0.1) is 0 Å². The van der Waals surface area contributed by atoms with E-state index in [1.54, 1.807) is 17.7 Å². The molecule has 1 fully saturated rings. The minimum atomic E-state index is -0.167. The quantitative estimate of drug-likeness (QED) is 0.475. The first kappa shape index (κ1) is 22.5. The van der Waals surface area contributed by atoms with Crippen LogP contribution >= 0.6 is 22.9 Å². The van der Waals surface area contributed by atoms with Crippen LogP contribution in [0, 0.1) is 5.92 Å². The van der Waals surface area contributed by atoms with Crippen LogP contribution in [0.5, 0.6) is 0 Å². The van der Waals surface area contributed by atoms with Gasteiger partial charge in [0.2, 0.25) is 11.2 Å². The molecule has 0 atom stereocenters. The molecule has 176 valence electrons. The topological polar surface area (TPSA) is 124 Å². The van der Waals surface area contributed by atoms with Crippen molar-refractivity contribution in [3.8, 4) is 0 Å². The normalized spacial score (nSPS) is 23.9. The Kier molecular flexibility index (Phi) is 5.37. The largest absolute Gasteiger partial charge is 0.382 e. The number of hydrogen-bond donors (Lipinski definition) is 3. The number of hydrogen-bond acceptors (Lipinski definition) is 8. The van der Waals surface area contributed by atoms with Crippen LogP contribution in [-0.2, 0) is 16.8 Å². The monoisotopic (exact) mass is 488 g/mol. The standard InChI is InChI=1S/C22H29ClN8OS/c1-21(2)9-13-15(22(3,4)30-21)33-20(26-13)29-18(32)11-5-7-12(8-6-11)31-10-25-14-16(24)27-19(23)28-17(14)31/h10-12,30H,5-9H2,1-4H3,(H2,24,27,28)(H,26,29,32)/t11-,12+. The van der Waals surface area contributed by atoms with Crippen molar-refractivity contribution in [2.24, 2.45) is 5.92 Å². The van der Waals surface area contributed by atoms with E-state index in [1.165, 1.54) is 4.88 Å². The maximum absolute atomic E-state index is 13.0. The van der Waals surface area contributed by atoms with Gasteiger partial charge in [-0.1, -0.05) is 11.3 Å². The van der Waals surface area contributed by atoms with Crippen molar-refractivity contribution in [2.75, 3.05) is 11.1 Å². The van der Waals surface area contributed by atoms with Crippen LogP contribution in [0.15, 0.2) is 6.33 Å².